The second-order valence-corrected chi connectivity index (χ2v) is 5.02. The van der Waals surface area contributed by atoms with E-state index in [1.165, 1.54) is 0 Å². The fraction of sp³-hybridized carbons (Fsp3) is 0.188. The van der Waals surface area contributed by atoms with Crippen LogP contribution in [-0.4, -0.2) is 12.6 Å². The summed E-state index contributed by atoms with van der Waals surface area (Å²) in [6.07, 6.45) is 0.00458. The van der Waals surface area contributed by atoms with Crippen molar-refractivity contribution in [2.24, 2.45) is 4.99 Å². The lowest BCUT2D eigenvalue weighted by atomic mass is 10.1. The number of ether oxygens (including phenoxy) is 1. The number of hydrogen-bond acceptors (Lipinski definition) is 3. The van der Waals surface area contributed by atoms with E-state index in [1.807, 2.05) is 42.5 Å². The normalized spacial score (nSPS) is 17.4. The first kappa shape index (κ1) is 13.0. The van der Waals surface area contributed by atoms with Gasteiger partial charge in [-0.25, -0.2) is 4.99 Å². The molecule has 0 fully saturated rings. The van der Waals surface area contributed by atoms with Crippen LogP contribution >= 0.6 is 11.6 Å². The maximum absolute atomic E-state index is 6.11. The first-order valence-corrected chi connectivity index (χ1v) is 6.94. The Morgan fingerprint density at radius 2 is 1.85 bits per heavy atom. The van der Waals surface area contributed by atoms with E-state index in [1.54, 1.807) is 0 Å². The molecule has 0 bridgehead atoms. The zero-order valence-corrected chi connectivity index (χ0v) is 11.7. The largest absolute Gasteiger partial charge is 0.455 e. The average Bonchev–Trinajstić information content (AvgIpc) is 2.96. The van der Waals surface area contributed by atoms with Crippen molar-refractivity contribution < 1.29 is 4.74 Å². The molecular weight excluding hydrogens is 272 g/mol. The SMILES string of the molecule is Clc1ccccc1CNC1=NCC(c2ccccc2)O1. The van der Waals surface area contributed by atoms with Crippen LogP contribution in [-0.2, 0) is 11.3 Å². The zero-order chi connectivity index (χ0) is 13.8. The molecule has 102 valence electrons. The molecule has 4 heteroatoms. The van der Waals surface area contributed by atoms with Gasteiger partial charge < -0.3 is 10.1 Å². The second-order valence-electron chi connectivity index (χ2n) is 4.61. The van der Waals surface area contributed by atoms with E-state index < -0.39 is 0 Å². The number of aliphatic imine (C=N–C) groups is 1. The Kier molecular flexibility index (Phi) is 3.88. The van der Waals surface area contributed by atoms with Crippen LogP contribution in [0.25, 0.3) is 0 Å². The number of nitrogens with one attached hydrogen (secondary N) is 1. The molecule has 0 aliphatic carbocycles. The summed E-state index contributed by atoms with van der Waals surface area (Å²) in [6.45, 7) is 1.26. The molecule has 1 heterocycles. The van der Waals surface area contributed by atoms with Crippen molar-refractivity contribution in [1.29, 1.82) is 0 Å². The van der Waals surface area contributed by atoms with Crippen molar-refractivity contribution >= 4 is 17.6 Å². The Bertz CT molecular complexity index is 613. The van der Waals surface area contributed by atoms with Gasteiger partial charge in [0.25, 0.3) is 6.02 Å². The Balaban J connectivity index is 1.57. The van der Waals surface area contributed by atoms with Gasteiger partial charge in [-0.05, 0) is 17.2 Å². The maximum Gasteiger partial charge on any atom is 0.285 e. The third kappa shape index (κ3) is 2.94. The molecule has 1 unspecified atom stereocenters. The van der Waals surface area contributed by atoms with Gasteiger partial charge in [-0.15, -0.1) is 0 Å². The molecule has 2 aromatic carbocycles. The van der Waals surface area contributed by atoms with Gasteiger partial charge in [-0.3, -0.25) is 0 Å². The third-order valence-corrected chi connectivity index (χ3v) is 3.58. The topological polar surface area (TPSA) is 33.6 Å². The minimum atomic E-state index is 0.00458. The fourth-order valence-corrected chi connectivity index (χ4v) is 2.33. The Labute approximate surface area is 123 Å². The van der Waals surface area contributed by atoms with Crippen molar-refractivity contribution in [1.82, 2.24) is 5.32 Å². The molecule has 0 aromatic heterocycles. The number of amidine groups is 1. The molecule has 0 saturated carbocycles. The number of hydrogen-bond donors (Lipinski definition) is 1. The summed E-state index contributed by atoms with van der Waals surface area (Å²) in [6, 6.07) is 18.4. The number of rotatable bonds is 3. The molecule has 1 aliphatic heterocycles. The highest BCUT2D eigenvalue weighted by molar-refractivity contribution is 6.31. The van der Waals surface area contributed by atoms with Gasteiger partial charge in [-0.2, -0.15) is 0 Å². The van der Waals surface area contributed by atoms with E-state index >= 15 is 0 Å². The highest BCUT2D eigenvalue weighted by Gasteiger charge is 2.21. The van der Waals surface area contributed by atoms with Gasteiger partial charge in [0.15, 0.2) is 0 Å². The monoisotopic (exact) mass is 286 g/mol. The van der Waals surface area contributed by atoms with Crippen LogP contribution in [0.4, 0.5) is 0 Å². The molecule has 1 N–H and O–H groups in total. The van der Waals surface area contributed by atoms with E-state index in [2.05, 4.69) is 22.4 Å². The molecule has 2 aromatic rings. The minimum absolute atomic E-state index is 0.00458. The van der Waals surface area contributed by atoms with Crippen LogP contribution < -0.4 is 5.32 Å². The van der Waals surface area contributed by atoms with E-state index in [9.17, 15) is 0 Å². The van der Waals surface area contributed by atoms with Crippen molar-refractivity contribution in [3.8, 4) is 0 Å². The molecule has 3 rings (SSSR count). The van der Waals surface area contributed by atoms with E-state index in [0.29, 0.717) is 19.1 Å². The average molecular weight is 287 g/mol. The van der Waals surface area contributed by atoms with Gasteiger partial charge in [-0.1, -0.05) is 60.1 Å². The highest BCUT2D eigenvalue weighted by atomic mass is 35.5. The van der Waals surface area contributed by atoms with E-state index in [0.717, 1.165) is 16.1 Å². The molecule has 1 atom stereocenters. The molecule has 0 radical (unpaired) electrons. The molecule has 3 nitrogen and oxygen atoms in total. The van der Waals surface area contributed by atoms with Crippen molar-refractivity contribution in [2.45, 2.75) is 12.6 Å². The van der Waals surface area contributed by atoms with E-state index in [-0.39, 0.29) is 6.10 Å². The Morgan fingerprint density at radius 3 is 2.65 bits per heavy atom. The quantitative estimate of drug-likeness (QED) is 0.936. The molecule has 0 spiro atoms. The molecular formula is C16H15ClN2O. The highest BCUT2D eigenvalue weighted by Crippen LogP contribution is 2.22. The summed E-state index contributed by atoms with van der Waals surface area (Å²) in [5.41, 5.74) is 2.18. The van der Waals surface area contributed by atoms with Gasteiger partial charge in [0.1, 0.15) is 6.10 Å². The van der Waals surface area contributed by atoms with Crippen molar-refractivity contribution in [3.63, 3.8) is 0 Å². The lowest BCUT2D eigenvalue weighted by molar-refractivity contribution is 0.219. The summed E-state index contributed by atoms with van der Waals surface area (Å²) >= 11 is 6.11. The molecule has 1 aliphatic rings. The van der Waals surface area contributed by atoms with Crippen LogP contribution in [0, 0.1) is 0 Å². The molecule has 20 heavy (non-hydrogen) atoms. The van der Waals surface area contributed by atoms with Crippen LogP contribution in [0.1, 0.15) is 17.2 Å². The van der Waals surface area contributed by atoms with Crippen molar-refractivity contribution in [3.05, 3.63) is 70.7 Å². The summed E-state index contributed by atoms with van der Waals surface area (Å²) in [5, 5.41) is 3.93. The van der Waals surface area contributed by atoms with Crippen LogP contribution in [0.3, 0.4) is 0 Å². The van der Waals surface area contributed by atoms with Gasteiger partial charge in [0.2, 0.25) is 0 Å². The molecule has 0 saturated heterocycles. The number of benzene rings is 2. The van der Waals surface area contributed by atoms with Crippen molar-refractivity contribution in [2.75, 3.05) is 6.54 Å². The van der Waals surface area contributed by atoms with Crippen LogP contribution in [0.2, 0.25) is 5.02 Å². The summed E-state index contributed by atoms with van der Waals surface area (Å²) in [7, 11) is 0. The summed E-state index contributed by atoms with van der Waals surface area (Å²) in [5.74, 6) is 0. The summed E-state index contributed by atoms with van der Waals surface area (Å²) in [4.78, 5) is 4.38. The zero-order valence-electron chi connectivity index (χ0n) is 10.9. The predicted octanol–water partition coefficient (Wildman–Crippen LogP) is 3.56. The predicted molar refractivity (Wildman–Crippen MR) is 80.9 cm³/mol. The van der Waals surface area contributed by atoms with E-state index in [4.69, 9.17) is 16.3 Å². The third-order valence-electron chi connectivity index (χ3n) is 3.21. The Hall–Kier alpha value is -2.00. The smallest absolute Gasteiger partial charge is 0.285 e. The standard InChI is InChI=1S/C16H15ClN2O/c17-14-9-5-4-8-13(14)10-18-16-19-11-15(20-16)12-6-2-1-3-7-12/h1-9,15H,10-11H2,(H,18,19). The van der Waals surface area contributed by atoms with Crippen LogP contribution in [0.5, 0.6) is 0 Å². The first-order chi connectivity index (χ1) is 9.83. The maximum atomic E-state index is 6.11. The first-order valence-electron chi connectivity index (χ1n) is 6.56. The van der Waals surface area contributed by atoms with Gasteiger partial charge in [0.05, 0.1) is 6.54 Å². The molecule has 0 amide bonds. The lowest BCUT2D eigenvalue weighted by Crippen LogP contribution is -2.23. The van der Waals surface area contributed by atoms with Gasteiger partial charge >= 0.3 is 0 Å². The number of nitrogens with zero attached hydrogens (tertiary/aromatic N) is 1. The number of halogens is 1. The lowest BCUT2D eigenvalue weighted by Gasteiger charge is -2.12. The van der Waals surface area contributed by atoms with Crippen LogP contribution in [0.15, 0.2) is 59.6 Å². The second kappa shape index (κ2) is 5.97. The van der Waals surface area contributed by atoms with Gasteiger partial charge in [0, 0.05) is 11.6 Å². The fourth-order valence-electron chi connectivity index (χ4n) is 2.13. The summed E-state index contributed by atoms with van der Waals surface area (Å²) < 4.78 is 5.80. The minimum Gasteiger partial charge on any atom is -0.455 e. The Morgan fingerprint density at radius 1 is 1.10 bits per heavy atom.